The molecule has 1 unspecified atom stereocenters. The molecule has 0 aliphatic rings. The molecule has 2 N–H and O–H groups in total. The summed E-state index contributed by atoms with van der Waals surface area (Å²) < 4.78 is 0. The summed E-state index contributed by atoms with van der Waals surface area (Å²) in [6.45, 7) is 4.60. The molecule has 0 fully saturated rings. The van der Waals surface area contributed by atoms with Crippen molar-refractivity contribution in [2.45, 2.75) is 26.3 Å². The zero-order valence-electron chi connectivity index (χ0n) is 13.4. The fraction of sp³-hybridized carbons (Fsp3) is 0.389. The van der Waals surface area contributed by atoms with Crippen LogP contribution in [-0.4, -0.2) is 19.5 Å². The van der Waals surface area contributed by atoms with Crippen LogP contribution >= 0.6 is 11.3 Å². The lowest BCUT2D eigenvalue weighted by Crippen LogP contribution is -2.41. The second-order valence-corrected chi connectivity index (χ2v) is 7.09. The number of hydrogen-bond acceptors (Lipinski definition) is 3. The summed E-state index contributed by atoms with van der Waals surface area (Å²) >= 11 is 1.70. The SMILES string of the molecule is CNC(CNC(=O)C(C)(C)Cc1ccccc1)c1cccs1. The summed E-state index contributed by atoms with van der Waals surface area (Å²) in [4.78, 5) is 13.8. The van der Waals surface area contributed by atoms with Crippen LogP contribution in [0, 0.1) is 5.41 Å². The Kier molecular flexibility index (Phi) is 5.75. The monoisotopic (exact) mass is 316 g/mol. The summed E-state index contributed by atoms with van der Waals surface area (Å²) in [6, 6.07) is 14.4. The highest BCUT2D eigenvalue weighted by atomic mass is 32.1. The van der Waals surface area contributed by atoms with Crippen LogP contribution < -0.4 is 10.6 Å². The molecule has 1 amide bonds. The highest BCUT2D eigenvalue weighted by Gasteiger charge is 2.28. The van der Waals surface area contributed by atoms with E-state index in [0.29, 0.717) is 6.54 Å². The van der Waals surface area contributed by atoms with Gasteiger partial charge in [0.2, 0.25) is 5.91 Å². The molecule has 22 heavy (non-hydrogen) atoms. The van der Waals surface area contributed by atoms with Gasteiger partial charge in [-0.2, -0.15) is 0 Å². The zero-order chi connectivity index (χ0) is 16.0. The summed E-state index contributed by atoms with van der Waals surface area (Å²) in [6.07, 6.45) is 0.739. The molecular formula is C18H24N2OS. The Morgan fingerprint density at radius 3 is 2.50 bits per heavy atom. The number of nitrogens with one attached hydrogen (secondary N) is 2. The molecular weight excluding hydrogens is 292 g/mol. The molecule has 0 spiro atoms. The van der Waals surface area contributed by atoms with Crippen molar-refractivity contribution in [1.29, 1.82) is 0 Å². The van der Waals surface area contributed by atoms with Gasteiger partial charge in [-0.3, -0.25) is 4.79 Å². The van der Waals surface area contributed by atoms with E-state index in [1.165, 1.54) is 10.4 Å². The zero-order valence-corrected chi connectivity index (χ0v) is 14.2. The third kappa shape index (κ3) is 4.42. The van der Waals surface area contributed by atoms with Crippen LogP contribution in [0.1, 0.15) is 30.3 Å². The predicted octanol–water partition coefficient (Wildman–Crippen LogP) is 3.39. The third-order valence-electron chi connectivity index (χ3n) is 3.81. The van der Waals surface area contributed by atoms with Gasteiger partial charge in [-0.25, -0.2) is 0 Å². The van der Waals surface area contributed by atoms with Crippen LogP contribution in [0.25, 0.3) is 0 Å². The summed E-state index contributed by atoms with van der Waals surface area (Å²) in [5.41, 5.74) is 0.765. The molecule has 1 aromatic carbocycles. The van der Waals surface area contributed by atoms with Gasteiger partial charge in [0.05, 0.1) is 6.04 Å². The Bertz CT molecular complexity index is 578. The molecule has 1 atom stereocenters. The van der Waals surface area contributed by atoms with Crippen LogP contribution in [-0.2, 0) is 11.2 Å². The molecule has 0 aliphatic heterocycles. The van der Waals surface area contributed by atoms with E-state index in [-0.39, 0.29) is 11.9 Å². The smallest absolute Gasteiger partial charge is 0.226 e. The van der Waals surface area contributed by atoms with E-state index in [2.05, 4.69) is 34.2 Å². The molecule has 0 saturated carbocycles. The van der Waals surface area contributed by atoms with E-state index in [4.69, 9.17) is 0 Å². The van der Waals surface area contributed by atoms with E-state index >= 15 is 0 Å². The average Bonchev–Trinajstić information content (AvgIpc) is 3.02. The molecule has 0 aliphatic carbocycles. The fourth-order valence-electron chi connectivity index (χ4n) is 2.45. The van der Waals surface area contributed by atoms with Gasteiger partial charge in [0.1, 0.15) is 0 Å². The Labute approximate surface area is 136 Å². The first-order valence-corrected chi connectivity index (χ1v) is 8.44. The average molecular weight is 316 g/mol. The highest BCUT2D eigenvalue weighted by Crippen LogP contribution is 2.23. The van der Waals surface area contributed by atoms with E-state index in [9.17, 15) is 4.79 Å². The van der Waals surface area contributed by atoms with Crippen molar-refractivity contribution in [3.63, 3.8) is 0 Å². The van der Waals surface area contributed by atoms with Crippen molar-refractivity contribution in [3.8, 4) is 0 Å². The molecule has 1 aromatic heterocycles. The van der Waals surface area contributed by atoms with Crippen LogP contribution in [0.5, 0.6) is 0 Å². The summed E-state index contributed by atoms with van der Waals surface area (Å²) in [5.74, 6) is 0.0909. The highest BCUT2D eigenvalue weighted by molar-refractivity contribution is 7.10. The normalized spacial score (nSPS) is 12.9. The maximum atomic E-state index is 12.5. The van der Waals surface area contributed by atoms with E-state index in [1.807, 2.05) is 45.2 Å². The number of thiophene rings is 1. The number of benzene rings is 1. The third-order valence-corrected chi connectivity index (χ3v) is 4.79. The van der Waals surface area contributed by atoms with E-state index < -0.39 is 5.41 Å². The molecule has 118 valence electrons. The Morgan fingerprint density at radius 2 is 1.91 bits per heavy atom. The number of hydrogen-bond donors (Lipinski definition) is 2. The van der Waals surface area contributed by atoms with Crippen LogP contribution in [0.3, 0.4) is 0 Å². The number of likely N-dealkylation sites (N-methyl/N-ethyl adjacent to an activating group) is 1. The lowest BCUT2D eigenvalue weighted by molar-refractivity contribution is -0.129. The molecule has 3 nitrogen and oxygen atoms in total. The van der Waals surface area contributed by atoms with Gasteiger partial charge in [0.25, 0.3) is 0 Å². The number of carbonyl (C=O) groups excluding carboxylic acids is 1. The van der Waals surface area contributed by atoms with Crippen molar-refractivity contribution >= 4 is 17.2 Å². The van der Waals surface area contributed by atoms with Crippen LogP contribution in [0.4, 0.5) is 0 Å². The van der Waals surface area contributed by atoms with Crippen molar-refractivity contribution in [2.75, 3.05) is 13.6 Å². The first-order valence-electron chi connectivity index (χ1n) is 7.56. The lowest BCUT2D eigenvalue weighted by atomic mass is 9.85. The van der Waals surface area contributed by atoms with Gasteiger partial charge in [0, 0.05) is 16.8 Å². The number of amides is 1. The van der Waals surface area contributed by atoms with Crippen LogP contribution in [0.2, 0.25) is 0 Å². The van der Waals surface area contributed by atoms with Gasteiger partial charge in [-0.1, -0.05) is 50.2 Å². The minimum absolute atomic E-state index is 0.0909. The maximum Gasteiger partial charge on any atom is 0.226 e. The number of rotatable bonds is 7. The topological polar surface area (TPSA) is 41.1 Å². The summed E-state index contributed by atoms with van der Waals surface area (Å²) in [5, 5.41) is 8.40. The molecule has 1 heterocycles. The van der Waals surface area contributed by atoms with Gasteiger partial charge < -0.3 is 10.6 Å². The van der Waals surface area contributed by atoms with Gasteiger partial charge in [-0.15, -0.1) is 11.3 Å². The quantitative estimate of drug-likeness (QED) is 0.822. The van der Waals surface area contributed by atoms with E-state index in [0.717, 1.165) is 6.42 Å². The second kappa shape index (κ2) is 7.56. The molecule has 2 rings (SSSR count). The number of carbonyl (C=O) groups is 1. The minimum atomic E-state index is -0.422. The van der Waals surface area contributed by atoms with Crippen molar-refractivity contribution in [3.05, 3.63) is 58.3 Å². The van der Waals surface area contributed by atoms with Crippen LogP contribution in [0.15, 0.2) is 47.8 Å². The van der Waals surface area contributed by atoms with Crippen molar-refractivity contribution in [2.24, 2.45) is 5.41 Å². The Balaban J connectivity index is 1.93. The first kappa shape index (κ1) is 16.7. The molecule has 2 aromatic rings. The molecule has 0 radical (unpaired) electrons. The second-order valence-electron chi connectivity index (χ2n) is 6.11. The summed E-state index contributed by atoms with van der Waals surface area (Å²) in [7, 11) is 1.92. The molecule has 0 bridgehead atoms. The first-order chi connectivity index (χ1) is 10.5. The largest absolute Gasteiger partial charge is 0.354 e. The van der Waals surface area contributed by atoms with Gasteiger partial charge >= 0.3 is 0 Å². The van der Waals surface area contributed by atoms with Crippen molar-refractivity contribution < 1.29 is 4.79 Å². The predicted molar refractivity (Wildman–Crippen MR) is 93.1 cm³/mol. The Hall–Kier alpha value is -1.65. The minimum Gasteiger partial charge on any atom is -0.354 e. The Morgan fingerprint density at radius 1 is 1.18 bits per heavy atom. The fourth-order valence-corrected chi connectivity index (χ4v) is 3.29. The maximum absolute atomic E-state index is 12.5. The molecule has 4 heteroatoms. The lowest BCUT2D eigenvalue weighted by Gasteiger charge is -2.25. The molecule has 0 saturated heterocycles. The van der Waals surface area contributed by atoms with Gasteiger partial charge in [-0.05, 0) is 30.5 Å². The van der Waals surface area contributed by atoms with Gasteiger partial charge in [0.15, 0.2) is 0 Å². The standard InChI is InChI=1S/C18H24N2OS/c1-18(2,12-14-8-5-4-6-9-14)17(21)20-13-15(19-3)16-10-7-11-22-16/h4-11,15,19H,12-13H2,1-3H3,(H,20,21). The van der Waals surface area contributed by atoms with E-state index in [1.54, 1.807) is 11.3 Å². The van der Waals surface area contributed by atoms with Crippen molar-refractivity contribution in [1.82, 2.24) is 10.6 Å².